The van der Waals surface area contributed by atoms with Crippen molar-refractivity contribution in [2.24, 2.45) is 0 Å². The fourth-order valence-corrected chi connectivity index (χ4v) is 2.03. The highest BCUT2D eigenvalue weighted by Crippen LogP contribution is 2.15. The van der Waals surface area contributed by atoms with Crippen LogP contribution in [0.1, 0.15) is 16.7 Å². The molecule has 0 heterocycles. The van der Waals surface area contributed by atoms with Crippen LogP contribution in [0.15, 0.2) is 40.9 Å². The first kappa shape index (κ1) is 14.6. The van der Waals surface area contributed by atoms with Crippen LogP contribution in [0.4, 0.5) is 8.78 Å². The van der Waals surface area contributed by atoms with E-state index in [0.29, 0.717) is 6.54 Å². The summed E-state index contributed by atoms with van der Waals surface area (Å²) in [7, 11) is 0. The summed E-state index contributed by atoms with van der Waals surface area (Å²) in [6.07, 6.45) is 0. The second-order valence-electron chi connectivity index (χ2n) is 4.26. The number of halogens is 3. The number of nitriles is 1. The average Bonchev–Trinajstić information content (AvgIpc) is 2.43. The predicted molar refractivity (Wildman–Crippen MR) is 75.8 cm³/mol. The molecule has 0 fully saturated rings. The summed E-state index contributed by atoms with van der Waals surface area (Å²) in [6.45, 7) is 0.575. The minimum atomic E-state index is -0.704. The Kier molecular flexibility index (Phi) is 4.83. The average molecular weight is 337 g/mol. The summed E-state index contributed by atoms with van der Waals surface area (Å²) in [5, 5.41) is 11.6. The van der Waals surface area contributed by atoms with Crippen molar-refractivity contribution >= 4 is 15.9 Å². The van der Waals surface area contributed by atoms with Crippen molar-refractivity contribution in [3.8, 4) is 6.07 Å². The normalized spacial score (nSPS) is 10.3. The SMILES string of the molecule is N#Cc1cc(F)c(CNCc2ccc(Br)cc2)c(F)c1. The Morgan fingerprint density at radius 1 is 1.05 bits per heavy atom. The van der Waals surface area contributed by atoms with E-state index in [0.717, 1.165) is 22.2 Å². The maximum absolute atomic E-state index is 13.6. The van der Waals surface area contributed by atoms with Gasteiger partial charge >= 0.3 is 0 Å². The smallest absolute Gasteiger partial charge is 0.131 e. The number of benzene rings is 2. The van der Waals surface area contributed by atoms with Gasteiger partial charge in [-0.2, -0.15) is 5.26 Å². The van der Waals surface area contributed by atoms with Crippen LogP contribution in [0.5, 0.6) is 0 Å². The van der Waals surface area contributed by atoms with E-state index >= 15 is 0 Å². The summed E-state index contributed by atoms with van der Waals surface area (Å²) in [5.74, 6) is -1.41. The van der Waals surface area contributed by atoms with Gasteiger partial charge in [0.25, 0.3) is 0 Å². The van der Waals surface area contributed by atoms with Crippen molar-refractivity contribution in [2.75, 3.05) is 0 Å². The van der Waals surface area contributed by atoms with E-state index in [9.17, 15) is 8.78 Å². The Morgan fingerprint density at radius 3 is 2.20 bits per heavy atom. The molecular formula is C15H11BrF2N2. The Bertz CT molecular complexity index is 625. The van der Waals surface area contributed by atoms with E-state index in [2.05, 4.69) is 21.2 Å². The number of nitrogens with zero attached hydrogens (tertiary/aromatic N) is 1. The van der Waals surface area contributed by atoms with Gasteiger partial charge in [-0.15, -0.1) is 0 Å². The molecule has 5 heteroatoms. The van der Waals surface area contributed by atoms with Gasteiger partial charge in [0.15, 0.2) is 0 Å². The summed E-state index contributed by atoms with van der Waals surface area (Å²) in [6, 6.07) is 11.4. The standard InChI is InChI=1S/C15H11BrF2N2/c16-12-3-1-10(2-4-12)8-20-9-13-14(17)5-11(7-19)6-15(13)18/h1-6,20H,8-9H2. The first-order valence-electron chi connectivity index (χ1n) is 5.93. The Hall–Kier alpha value is -1.77. The molecule has 2 nitrogen and oxygen atoms in total. The van der Waals surface area contributed by atoms with Crippen LogP contribution in [0.2, 0.25) is 0 Å². The highest BCUT2D eigenvalue weighted by molar-refractivity contribution is 9.10. The molecule has 0 saturated heterocycles. The lowest BCUT2D eigenvalue weighted by Crippen LogP contribution is -2.15. The molecule has 0 aromatic heterocycles. The zero-order chi connectivity index (χ0) is 14.5. The van der Waals surface area contributed by atoms with Crippen molar-refractivity contribution in [2.45, 2.75) is 13.1 Å². The first-order valence-corrected chi connectivity index (χ1v) is 6.72. The monoisotopic (exact) mass is 336 g/mol. The molecule has 2 aromatic carbocycles. The number of hydrogen-bond acceptors (Lipinski definition) is 2. The van der Waals surface area contributed by atoms with Gasteiger partial charge in [0.1, 0.15) is 11.6 Å². The number of nitrogens with one attached hydrogen (secondary N) is 1. The molecule has 0 unspecified atom stereocenters. The molecule has 0 amide bonds. The molecule has 1 N–H and O–H groups in total. The molecule has 2 aromatic rings. The van der Waals surface area contributed by atoms with Gasteiger partial charge in [0.05, 0.1) is 11.6 Å². The van der Waals surface area contributed by atoms with Gasteiger partial charge < -0.3 is 5.32 Å². The van der Waals surface area contributed by atoms with Crippen molar-refractivity contribution < 1.29 is 8.78 Å². The highest BCUT2D eigenvalue weighted by Gasteiger charge is 2.10. The van der Waals surface area contributed by atoms with E-state index in [4.69, 9.17) is 5.26 Å². The molecule has 0 bridgehead atoms. The van der Waals surface area contributed by atoms with Crippen LogP contribution < -0.4 is 5.32 Å². The van der Waals surface area contributed by atoms with Crippen LogP contribution in [-0.2, 0) is 13.1 Å². The molecule has 0 atom stereocenters. The zero-order valence-corrected chi connectivity index (χ0v) is 12.0. The van der Waals surface area contributed by atoms with Crippen LogP contribution in [0, 0.1) is 23.0 Å². The molecule has 2 rings (SSSR count). The van der Waals surface area contributed by atoms with Gasteiger partial charge in [-0.1, -0.05) is 28.1 Å². The molecule has 0 aliphatic carbocycles. The second-order valence-corrected chi connectivity index (χ2v) is 5.18. The molecule has 0 saturated carbocycles. The summed E-state index contributed by atoms with van der Waals surface area (Å²) < 4.78 is 28.3. The second kappa shape index (κ2) is 6.60. The topological polar surface area (TPSA) is 35.8 Å². The third kappa shape index (κ3) is 3.62. The lowest BCUT2D eigenvalue weighted by molar-refractivity contribution is 0.535. The molecule has 0 aliphatic heterocycles. The molecular weight excluding hydrogens is 326 g/mol. The quantitative estimate of drug-likeness (QED) is 0.919. The molecule has 0 radical (unpaired) electrons. The van der Waals surface area contributed by atoms with Crippen LogP contribution >= 0.6 is 15.9 Å². The third-order valence-corrected chi connectivity index (χ3v) is 3.34. The summed E-state index contributed by atoms with van der Waals surface area (Å²) in [5.41, 5.74) is 0.945. The van der Waals surface area contributed by atoms with Crippen LogP contribution in [-0.4, -0.2) is 0 Å². The maximum Gasteiger partial charge on any atom is 0.131 e. The van der Waals surface area contributed by atoms with Gasteiger partial charge in [0, 0.05) is 23.1 Å². The fraction of sp³-hybridized carbons (Fsp3) is 0.133. The van der Waals surface area contributed by atoms with Gasteiger partial charge in [-0.3, -0.25) is 0 Å². The van der Waals surface area contributed by atoms with E-state index in [1.165, 1.54) is 0 Å². The van der Waals surface area contributed by atoms with Crippen LogP contribution in [0.25, 0.3) is 0 Å². The minimum Gasteiger partial charge on any atom is -0.308 e. The maximum atomic E-state index is 13.6. The molecule has 102 valence electrons. The Balaban J connectivity index is 2.01. The summed E-state index contributed by atoms with van der Waals surface area (Å²) >= 11 is 3.34. The Labute approximate surface area is 124 Å². The largest absolute Gasteiger partial charge is 0.308 e. The number of hydrogen-bond donors (Lipinski definition) is 1. The van der Waals surface area contributed by atoms with Crippen molar-refractivity contribution in [3.63, 3.8) is 0 Å². The fourth-order valence-electron chi connectivity index (χ4n) is 1.77. The Morgan fingerprint density at radius 2 is 1.65 bits per heavy atom. The highest BCUT2D eigenvalue weighted by atomic mass is 79.9. The zero-order valence-electron chi connectivity index (χ0n) is 10.5. The van der Waals surface area contributed by atoms with E-state index in [1.807, 2.05) is 24.3 Å². The van der Waals surface area contributed by atoms with E-state index < -0.39 is 11.6 Å². The van der Waals surface area contributed by atoms with E-state index in [1.54, 1.807) is 6.07 Å². The van der Waals surface area contributed by atoms with Gasteiger partial charge in [0.2, 0.25) is 0 Å². The van der Waals surface area contributed by atoms with Crippen molar-refractivity contribution in [1.29, 1.82) is 5.26 Å². The summed E-state index contributed by atoms with van der Waals surface area (Å²) in [4.78, 5) is 0. The third-order valence-electron chi connectivity index (χ3n) is 2.81. The molecule has 0 spiro atoms. The van der Waals surface area contributed by atoms with E-state index in [-0.39, 0.29) is 17.7 Å². The number of rotatable bonds is 4. The molecule has 0 aliphatic rings. The first-order chi connectivity index (χ1) is 9.60. The molecule has 20 heavy (non-hydrogen) atoms. The lowest BCUT2D eigenvalue weighted by atomic mass is 10.1. The van der Waals surface area contributed by atoms with Crippen molar-refractivity contribution in [3.05, 3.63) is 69.2 Å². The lowest BCUT2D eigenvalue weighted by Gasteiger charge is -2.08. The van der Waals surface area contributed by atoms with Gasteiger partial charge in [-0.25, -0.2) is 8.78 Å². The van der Waals surface area contributed by atoms with Gasteiger partial charge in [-0.05, 0) is 29.8 Å². The van der Waals surface area contributed by atoms with Crippen LogP contribution in [0.3, 0.4) is 0 Å². The minimum absolute atomic E-state index is 0.0170. The predicted octanol–water partition coefficient (Wildman–Crippen LogP) is 3.89. The van der Waals surface area contributed by atoms with Crippen molar-refractivity contribution in [1.82, 2.24) is 5.32 Å².